The van der Waals surface area contributed by atoms with Gasteiger partial charge in [0, 0.05) is 12.2 Å². The van der Waals surface area contributed by atoms with Gasteiger partial charge in [0.25, 0.3) is 5.12 Å². The molecule has 0 saturated carbocycles. The lowest BCUT2D eigenvalue weighted by Gasteiger charge is -2.33. The van der Waals surface area contributed by atoms with Gasteiger partial charge in [0.05, 0.1) is 6.10 Å². The van der Waals surface area contributed by atoms with Crippen LogP contribution in [0, 0.1) is 0 Å². The van der Waals surface area contributed by atoms with Crippen molar-refractivity contribution in [2.45, 2.75) is 31.0 Å². The molecule has 15 heavy (non-hydrogen) atoms. The van der Waals surface area contributed by atoms with E-state index in [9.17, 15) is 0 Å². The monoisotopic (exact) mass is 222 g/mol. The summed E-state index contributed by atoms with van der Waals surface area (Å²) in [7, 11) is 0. The first kappa shape index (κ1) is 9.55. The highest BCUT2D eigenvalue weighted by atomic mass is 32.2. The quantitative estimate of drug-likeness (QED) is 0.672. The molecule has 0 aliphatic carbocycles. The maximum Gasteiger partial charge on any atom is 0.260 e. The largest absolute Gasteiger partial charge is 0.452 e. The second kappa shape index (κ2) is 3.42. The molecule has 1 fully saturated rings. The third-order valence-electron chi connectivity index (χ3n) is 2.86. The topological polar surface area (TPSA) is 18.5 Å². The first-order valence-electron chi connectivity index (χ1n) is 5.36. The molecule has 3 heteroatoms. The molecule has 1 saturated heterocycles. The number of para-hydroxylation sites is 1. The van der Waals surface area contributed by atoms with Gasteiger partial charge in [-0.25, -0.2) is 0 Å². The number of thioether (sulfide) groups is 1. The fraction of sp³-hybridized carbons (Fsp3) is 0.500. The molecule has 0 aromatic heterocycles. The van der Waals surface area contributed by atoms with Crippen LogP contribution >= 0.6 is 11.8 Å². The Morgan fingerprint density at radius 3 is 3.07 bits per heavy atom. The van der Waals surface area contributed by atoms with Crippen LogP contribution in [0.2, 0.25) is 0 Å². The third kappa shape index (κ3) is 1.64. The maximum atomic E-state index is 5.99. The molecule has 0 radical (unpaired) electrons. The Labute approximate surface area is 94.0 Å². The molecule has 2 aliphatic rings. The van der Waals surface area contributed by atoms with Crippen molar-refractivity contribution in [3.63, 3.8) is 0 Å². The van der Waals surface area contributed by atoms with Crippen molar-refractivity contribution in [3.8, 4) is 5.75 Å². The number of fused-ring (bicyclic) bond motifs is 1. The van der Waals surface area contributed by atoms with E-state index in [0.29, 0.717) is 6.10 Å². The van der Waals surface area contributed by atoms with E-state index >= 15 is 0 Å². The van der Waals surface area contributed by atoms with Crippen LogP contribution in [0.3, 0.4) is 0 Å². The van der Waals surface area contributed by atoms with E-state index in [-0.39, 0.29) is 0 Å². The van der Waals surface area contributed by atoms with Crippen LogP contribution in [0.15, 0.2) is 24.3 Å². The van der Waals surface area contributed by atoms with Crippen molar-refractivity contribution < 1.29 is 9.47 Å². The Morgan fingerprint density at radius 2 is 2.27 bits per heavy atom. The SMILES string of the molecule is C[C@H]1CS[C@]2(CCc3ccccc3O2)O1. The predicted octanol–water partition coefficient (Wildman–Crippen LogP) is 2.82. The summed E-state index contributed by atoms with van der Waals surface area (Å²) >= 11 is 1.79. The summed E-state index contributed by atoms with van der Waals surface area (Å²) < 4.78 is 11.9. The molecular formula is C12H14O2S. The number of hydrogen-bond acceptors (Lipinski definition) is 3. The molecule has 80 valence electrons. The van der Waals surface area contributed by atoms with E-state index in [1.807, 2.05) is 12.1 Å². The van der Waals surface area contributed by atoms with Gasteiger partial charge in [-0.1, -0.05) is 30.0 Å². The molecule has 0 unspecified atom stereocenters. The number of ether oxygens (including phenoxy) is 2. The number of benzene rings is 1. The molecule has 1 aromatic rings. The van der Waals surface area contributed by atoms with Crippen molar-refractivity contribution in [1.82, 2.24) is 0 Å². The van der Waals surface area contributed by atoms with Gasteiger partial charge in [-0.2, -0.15) is 0 Å². The van der Waals surface area contributed by atoms with Crippen LogP contribution < -0.4 is 4.74 Å². The van der Waals surface area contributed by atoms with E-state index in [2.05, 4.69) is 19.1 Å². The summed E-state index contributed by atoms with van der Waals surface area (Å²) in [5.41, 5.74) is 1.30. The molecule has 3 rings (SSSR count). The van der Waals surface area contributed by atoms with Gasteiger partial charge in [-0.3, -0.25) is 0 Å². The second-order valence-corrected chi connectivity index (χ2v) is 5.38. The molecule has 0 amide bonds. The fourth-order valence-corrected chi connectivity index (χ4v) is 3.30. The lowest BCUT2D eigenvalue weighted by Crippen LogP contribution is -2.36. The Hall–Kier alpha value is -0.670. The maximum absolute atomic E-state index is 5.99. The van der Waals surface area contributed by atoms with E-state index < -0.39 is 5.12 Å². The summed E-state index contributed by atoms with van der Waals surface area (Å²) in [6.07, 6.45) is 2.31. The van der Waals surface area contributed by atoms with Crippen LogP contribution in [0.25, 0.3) is 0 Å². The lowest BCUT2D eigenvalue weighted by molar-refractivity contribution is -0.132. The molecule has 1 spiro atoms. The molecule has 0 N–H and O–H groups in total. The van der Waals surface area contributed by atoms with Crippen LogP contribution in [0.5, 0.6) is 5.75 Å². The average molecular weight is 222 g/mol. The van der Waals surface area contributed by atoms with Crippen molar-refractivity contribution >= 4 is 11.8 Å². The van der Waals surface area contributed by atoms with Gasteiger partial charge in [0.2, 0.25) is 0 Å². The summed E-state index contributed by atoms with van der Waals surface area (Å²) in [5.74, 6) is 2.02. The first-order valence-corrected chi connectivity index (χ1v) is 6.35. The summed E-state index contributed by atoms with van der Waals surface area (Å²) in [6.45, 7) is 2.10. The van der Waals surface area contributed by atoms with E-state index in [4.69, 9.17) is 9.47 Å². The fourth-order valence-electron chi connectivity index (χ4n) is 2.12. The lowest BCUT2D eigenvalue weighted by atomic mass is 10.1. The van der Waals surface area contributed by atoms with Crippen molar-refractivity contribution in [2.75, 3.05) is 5.75 Å². The second-order valence-electron chi connectivity index (χ2n) is 4.13. The van der Waals surface area contributed by atoms with E-state index in [1.165, 1.54) is 5.56 Å². The van der Waals surface area contributed by atoms with Gasteiger partial charge in [0.1, 0.15) is 5.75 Å². The summed E-state index contributed by atoms with van der Waals surface area (Å²) in [4.78, 5) is 0. The van der Waals surface area contributed by atoms with Gasteiger partial charge in [-0.15, -0.1) is 0 Å². The zero-order chi connectivity index (χ0) is 10.3. The van der Waals surface area contributed by atoms with Gasteiger partial charge < -0.3 is 9.47 Å². The molecule has 2 aliphatic heterocycles. The highest BCUT2D eigenvalue weighted by Gasteiger charge is 2.44. The molecule has 2 nitrogen and oxygen atoms in total. The summed E-state index contributed by atoms with van der Waals surface area (Å²) in [5, 5.41) is -0.395. The highest BCUT2D eigenvalue weighted by molar-refractivity contribution is 8.00. The molecule has 0 bridgehead atoms. The minimum Gasteiger partial charge on any atom is -0.452 e. The molecule has 2 atom stereocenters. The van der Waals surface area contributed by atoms with Crippen molar-refractivity contribution in [3.05, 3.63) is 29.8 Å². The Morgan fingerprint density at radius 1 is 1.40 bits per heavy atom. The molecule has 1 aromatic carbocycles. The van der Waals surface area contributed by atoms with Crippen LogP contribution in [-0.4, -0.2) is 17.0 Å². The van der Waals surface area contributed by atoms with Crippen LogP contribution in [0.4, 0.5) is 0 Å². The van der Waals surface area contributed by atoms with E-state index in [1.54, 1.807) is 11.8 Å². The van der Waals surface area contributed by atoms with Crippen molar-refractivity contribution in [1.29, 1.82) is 0 Å². The molecule has 2 heterocycles. The Kier molecular flexibility index (Phi) is 2.18. The minimum absolute atomic E-state index is 0.306. The average Bonchev–Trinajstić information content (AvgIpc) is 2.60. The van der Waals surface area contributed by atoms with E-state index in [0.717, 1.165) is 24.3 Å². The Bertz CT molecular complexity index is 380. The Balaban J connectivity index is 1.89. The smallest absolute Gasteiger partial charge is 0.260 e. The number of hydrogen-bond donors (Lipinski definition) is 0. The van der Waals surface area contributed by atoms with Gasteiger partial charge >= 0.3 is 0 Å². The summed E-state index contributed by atoms with van der Waals surface area (Å²) in [6, 6.07) is 8.24. The minimum atomic E-state index is -0.395. The van der Waals surface area contributed by atoms with Gasteiger partial charge in [-0.05, 0) is 25.0 Å². The zero-order valence-corrected chi connectivity index (χ0v) is 9.55. The van der Waals surface area contributed by atoms with Crippen LogP contribution in [0.1, 0.15) is 18.9 Å². The standard InChI is InChI=1S/C12H14O2S/c1-9-8-15-12(13-9)7-6-10-4-2-3-5-11(10)14-12/h2-5,9H,6-8H2,1H3/t9-,12+/m0/s1. The normalized spacial score (nSPS) is 33.8. The number of aryl methyl sites for hydroxylation is 1. The highest BCUT2D eigenvalue weighted by Crippen LogP contribution is 2.45. The molecular weight excluding hydrogens is 208 g/mol. The zero-order valence-electron chi connectivity index (χ0n) is 8.73. The predicted molar refractivity (Wildman–Crippen MR) is 61.1 cm³/mol. The first-order chi connectivity index (χ1) is 7.27. The van der Waals surface area contributed by atoms with Gasteiger partial charge in [0.15, 0.2) is 0 Å². The van der Waals surface area contributed by atoms with Crippen LogP contribution in [-0.2, 0) is 11.2 Å². The van der Waals surface area contributed by atoms with Crippen molar-refractivity contribution in [2.24, 2.45) is 0 Å². The number of rotatable bonds is 0. The third-order valence-corrected chi connectivity index (χ3v) is 4.32.